The molecule has 0 aromatic rings. The molecule has 1 unspecified atom stereocenters. The topological polar surface area (TPSA) is 29.3 Å². The molecule has 2 aliphatic rings. The van der Waals surface area contributed by atoms with Crippen molar-refractivity contribution in [2.45, 2.75) is 63.8 Å². The monoisotopic (exact) mass is 224 g/mol. The van der Waals surface area contributed by atoms with Gasteiger partial charge in [0, 0.05) is 5.54 Å². The molecule has 0 aromatic carbocycles. The zero-order valence-corrected chi connectivity index (χ0v) is 10.9. The molecule has 0 aromatic heterocycles. The van der Waals surface area contributed by atoms with Crippen LogP contribution in [0.5, 0.6) is 0 Å². The third kappa shape index (κ3) is 3.21. The summed E-state index contributed by atoms with van der Waals surface area (Å²) < 4.78 is 0. The smallest absolute Gasteiger partial charge is 0.0166 e. The lowest BCUT2D eigenvalue weighted by Gasteiger charge is -2.39. The van der Waals surface area contributed by atoms with E-state index in [1.807, 2.05) is 0 Å². The Kier molecular flexibility index (Phi) is 4.26. The molecule has 2 N–H and O–H groups in total. The van der Waals surface area contributed by atoms with Crippen molar-refractivity contribution in [1.82, 2.24) is 4.90 Å². The quantitative estimate of drug-likeness (QED) is 0.795. The zero-order chi connectivity index (χ0) is 11.4. The first-order valence-corrected chi connectivity index (χ1v) is 7.23. The molecule has 1 saturated carbocycles. The van der Waals surface area contributed by atoms with Gasteiger partial charge in [0.1, 0.15) is 0 Å². The van der Waals surface area contributed by atoms with E-state index in [0.29, 0.717) is 0 Å². The van der Waals surface area contributed by atoms with Gasteiger partial charge in [-0.2, -0.15) is 0 Å². The second-order valence-electron chi connectivity index (χ2n) is 6.01. The van der Waals surface area contributed by atoms with Gasteiger partial charge in [-0.05, 0) is 70.5 Å². The number of nitrogens with two attached hydrogens (primary N) is 1. The van der Waals surface area contributed by atoms with Crippen LogP contribution in [0.2, 0.25) is 0 Å². The first kappa shape index (κ1) is 12.4. The minimum absolute atomic E-state index is 0.219. The second-order valence-corrected chi connectivity index (χ2v) is 6.01. The van der Waals surface area contributed by atoms with Gasteiger partial charge in [-0.3, -0.25) is 0 Å². The molecule has 1 atom stereocenters. The Hall–Kier alpha value is -0.0800. The summed E-state index contributed by atoms with van der Waals surface area (Å²) >= 11 is 0. The molecule has 0 radical (unpaired) electrons. The van der Waals surface area contributed by atoms with Crippen molar-refractivity contribution in [2.24, 2.45) is 11.7 Å². The Bertz CT molecular complexity index is 211. The second kappa shape index (κ2) is 5.50. The van der Waals surface area contributed by atoms with Crippen LogP contribution in [0.3, 0.4) is 0 Å². The van der Waals surface area contributed by atoms with Crippen molar-refractivity contribution in [3.8, 4) is 0 Å². The number of hydrogen-bond acceptors (Lipinski definition) is 2. The van der Waals surface area contributed by atoms with Crippen LogP contribution in [-0.4, -0.2) is 30.1 Å². The Balaban J connectivity index is 1.69. The van der Waals surface area contributed by atoms with Crippen LogP contribution >= 0.6 is 0 Å². The molecule has 0 bridgehead atoms. The van der Waals surface area contributed by atoms with Crippen LogP contribution in [0.15, 0.2) is 0 Å². The maximum Gasteiger partial charge on any atom is 0.0166 e. The Morgan fingerprint density at radius 2 is 2.00 bits per heavy atom. The highest BCUT2D eigenvalue weighted by Gasteiger charge is 2.32. The summed E-state index contributed by atoms with van der Waals surface area (Å²) in [4.78, 5) is 2.66. The lowest BCUT2D eigenvalue weighted by molar-refractivity contribution is 0.183. The number of likely N-dealkylation sites (tertiary alicyclic amines) is 1. The molecule has 1 saturated heterocycles. The molecule has 94 valence electrons. The summed E-state index contributed by atoms with van der Waals surface area (Å²) in [6.45, 7) is 6.21. The first-order chi connectivity index (χ1) is 7.72. The molecule has 2 rings (SSSR count). The molecule has 16 heavy (non-hydrogen) atoms. The van der Waals surface area contributed by atoms with E-state index in [-0.39, 0.29) is 5.54 Å². The minimum atomic E-state index is 0.219. The van der Waals surface area contributed by atoms with E-state index in [1.165, 1.54) is 71.0 Å². The van der Waals surface area contributed by atoms with E-state index in [2.05, 4.69) is 11.8 Å². The lowest BCUT2D eigenvalue weighted by Crippen LogP contribution is -2.48. The van der Waals surface area contributed by atoms with Crippen LogP contribution in [0, 0.1) is 5.92 Å². The SMILES string of the molecule is CCC1CCCN(CCC2(N)CCC2)CC1. The van der Waals surface area contributed by atoms with Gasteiger partial charge in [-0.15, -0.1) is 0 Å². The predicted octanol–water partition coefficient (Wildman–Crippen LogP) is 2.77. The van der Waals surface area contributed by atoms with E-state index in [0.717, 1.165) is 5.92 Å². The van der Waals surface area contributed by atoms with Crippen molar-refractivity contribution >= 4 is 0 Å². The van der Waals surface area contributed by atoms with Gasteiger partial charge < -0.3 is 10.6 Å². The maximum atomic E-state index is 6.29. The summed E-state index contributed by atoms with van der Waals surface area (Å²) in [5.74, 6) is 0.987. The van der Waals surface area contributed by atoms with Gasteiger partial charge in [0.25, 0.3) is 0 Å². The molecule has 2 nitrogen and oxygen atoms in total. The van der Waals surface area contributed by atoms with E-state index in [4.69, 9.17) is 5.73 Å². The predicted molar refractivity (Wildman–Crippen MR) is 69.5 cm³/mol. The summed E-state index contributed by atoms with van der Waals surface area (Å²) in [7, 11) is 0. The molecule has 0 spiro atoms. The Morgan fingerprint density at radius 3 is 2.62 bits per heavy atom. The lowest BCUT2D eigenvalue weighted by atomic mass is 9.75. The van der Waals surface area contributed by atoms with Crippen LogP contribution in [-0.2, 0) is 0 Å². The highest BCUT2D eigenvalue weighted by atomic mass is 15.1. The minimum Gasteiger partial charge on any atom is -0.325 e. The fourth-order valence-corrected chi connectivity index (χ4v) is 3.12. The summed E-state index contributed by atoms with van der Waals surface area (Å²) in [6.07, 6.45) is 10.7. The van der Waals surface area contributed by atoms with E-state index in [9.17, 15) is 0 Å². The molecule has 2 fully saturated rings. The molecular formula is C14H28N2. The fraction of sp³-hybridized carbons (Fsp3) is 1.00. The summed E-state index contributed by atoms with van der Waals surface area (Å²) in [5, 5.41) is 0. The maximum absolute atomic E-state index is 6.29. The van der Waals surface area contributed by atoms with Crippen molar-refractivity contribution in [3.63, 3.8) is 0 Å². The molecular weight excluding hydrogens is 196 g/mol. The normalized spacial score (nSPS) is 30.8. The zero-order valence-electron chi connectivity index (χ0n) is 10.9. The molecule has 0 amide bonds. The van der Waals surface area contributed by atoms with Crippen LogP contribution in [0.25, 0.3) is 0 Å². The molecule has 2 heteroatoms. The van der Waals surface area contributed by atoms with Gasteiger partial charge in [-0.25, -0.2) is 0 Å². The van der Waals surface area contributed by atoms with Crippen LogP contribution in [0.1, 0.15) is 58.3 Å². The van der Waals surface area contributed by atoms with Gasteiger partial charge in [0.05, 0.1) is 0 Å². The summed E-state index contributed by atoms with van der Waals surface area (Å²) in [5.41, 5.74) is 6.50. The van der Waals surface area contributed by atoms with Crippen LogP contribution in [0.4, 0.5) is 0 Å². The Morgan fingerprint density at radius 1 is 1.19 bits per heavy atom. The van der Waals surface area contributed by atoms with Crippen LogP contribution < -0.4 is 5.73 Å². The Labute approximate surface area is 101 Å². The highest BCUT2D eigenvalue weighted by Crippen LogP contribution is 2.32. The van der Waals surface area contributed by atoms with Gasteiger partial charge in [-0.1, -0.05) is 13.3 Å². The van der Waals surface area contributed by atoms with Crippen molar-refractivity contribution in [3.05, 3.63) is 0 Å². The third-order valence-corrected chi connectivity index (χ3v) is 4.79. The molecule has 1 heterocycles. The average molecular weight is 224 g/mol. The van der Waals surface area contributed by atoms with Crippen molar-refractivity contribution in [1.29, 1.82) is 0 Å². The number of nitrogens with zero attached hydrogens (tertiary/aromatic N) is 1. The van der Waals surface area contributed by atoms with E-state index >= 15 is 0 Å². The number of rotatable bonds is 4. The first-order valence-electron chi connectivity index (χ1n) is 7.23. The van der Waals surface area contributed by atoms with E-state index < -0.39 is 0 Å². The number of hydrogen-bond donors (Lipinski definition) is 1. The molecule has 1 aliphatic carbocycles. The largest absolute Gasteiger partial charge is 0.325 e. The summed E-state index contributed by atoms with van der Waals surface area (Å²) in [6, 6.07) is 0. The van der Waals surface area contributed by atoms with Gasteiger partial charge in [0.15, 0.2) is 0 Å². The fourth-order valence-electron chi connectivity index (χ4n) is 3.12. The van der Waals surface area contributed by atoms with Gasteiger partial charge in [0.2, 0.25) is 0 Å². The van der Waals surface area contributed by atoms with Crippen molar-refractivity contribution < 1.29 is 0 Å². The average Bonchev–Trinajstić information content (AvgIpc) is 2.48. The highest BCUT2D eigenvalue weighted by molar-refractivity contribution is 4.93. The van der Waals surface area contributed by atoms with Gasteiger partial charge >= 0.3 is 0 Å². The standard InChI is InChI=1S/C14H28N2/c1-2-13-5-3-10-16(11-6-13)12-9-14(15)7-4-8-14/h13H,2-12,15H2,1H3. The van der Waals surface area contributed by atoms with E-state index in [1.54, 1.807) is 0 Å². The van der Waals surface area contributed by atoms with Crippen molar-refractivity contribution in [2.75, 3.05) is 19.6 Å². The molecule has 1 aliphatic heterocycles. The third-order valence-electron chi connectivity index (χ3n) is 4.79.